The molecule has 0 saturated heterocycles. The Labute approximate surface area is 244 Å². The van der Waals surface area contributed by atoms with Crippen LogP contribution >= 0.6 is 0 Å². The van der Waals surface area contributed by atoms with Gasteiger partial charge in [0.1, 0.15) is 0 Å². The number of benzene rings is 3. The van der Waals surface area contributed by atoms with Crippen molar-refractivity contribution in [3.05, 3.63) is 80.9 Å². The maximum atomic E-state index is 13.6. The van der Waals surface area contributed by atoms with Gasteiger partial charge in [-0.25, -0.2) is 19.2 Å². The number of halogens is 12. The summed E-state index contributed by atoms with van der Waals surface area (Å²) < 4.78 is 163. The lowest BCUT2D eigenvalue weighted by Gasteiger charge is -2.23. The first-order valence-corrected chi connectivity index (χ1v) is 11.4. The van der Waals surface area contributed by atoms with Crippen LogP contribution in [0.15, 0.2) is 36.4 Å². The van der Waals surface area contributed by atoms with Crippen molar-refractivity contribution in [2.45, 2.75) is 24.7 Å². The number of hydrogen-bond donors (Lipinski definition) is 4. The van der Waals surface area contributed by atoms with Gasteiger partial charge in [-0.05, 0) is 47.5 Å². The molecule has 0 radical (unpaired) electrons. The highest BCUT2D eigenvalue weighted by Crippen LogP contribution is 2.46. The number of carboxylic acids is 4. The fraction of sp³-hybridized carbons (Fsp3) is 0.154. The summed E-state index contributed by atoms with van der Waals surface area (Å²) in [7, 11) is 0. The molecule has 8 nitrogen and oxygen atoms in total. The van der Waals surface area contributed by atoms with Crippen LogP contribution in [-0.2, 0) is 24.7 Å². The van der Waals surface area contributed by atoms with Crippen LogP contribution in [0.25, 0.3) is 22.3 Å². The third-order valence-corrected chi connectivity index (χ3v) is 6.11. The third kappa shape index (κ3) is 6.69. The first kappa shape index (κ1) is 35.2. The van der Waals surface area contributed by atoms with Crippen LogP contribution in [-0.4, -0.2) is 44.3 Å². The molecule has 246 valence electrons. The molecular formula is C26H10F12O8. The zero-order valence-corrected chi connectivity index (χ0v) is 21.4. The SMILES string of the molecule is O=C(O)c1c(C(=O)O)c(-c2cc(C(F)(F)F)cc(C(F)(F)F)c2)c(C(=O)O)c(C(=O)O)c1-c1cc(C(F)(F)F)cc(C(F)(F)F)c1. The summed E-state index contributed by atoms with van der Waals surface area (Å²) in [6.45, 7) is 0. The minimum Gasteiger partial charge on any atom is -0.478 e. The van der Waals surface area contributed by atoms with E-state index in [1.807, 2.05) is 0 Å². The van der Waals surface area contributed by atoms with Crippen molar-refractivity contribution in [3.8, 4) is 22.3 Å². The number of hydrogen-bond acceptors (Lipinski definition) is 4. The van der Waals surface area contributed by atoms with Crippen molar-refractivity contribution in [1.29, 1.82) is 0 Å². The Morgan fingerprint density at radius 3 is 0.674 bits per heavy atom. The Morgan fingerprint density at radius 2 is 0.543 bits per heavy atom. The molecule has 0 bridgehead atoms. The van der Waals surface area contributed by atoms with Gasteiger partial charge in [-0.1, -0.05) is 0 Å². The van der Waals surface area contributed by atoms with Crippen molar-refractivity contribution in [3.63, 3.8) is 0 Å². The Kier molecular flexibility index (Phi) is 8.60. The van der Waals surface area contributed by atoms with Gasteiger partial charge in [0, 0.05) is 11.1 Å². The maximum absolute atomic E-state index is 13.6. The number of aromatic carboxylic acids is 4. The predicted octanol–water partition coefficient (Wildman–Crippen LogP) is 7.89. The minimum atomic E-state index is -5.68. The van der Waals surface area contributed by atoms with Gasteiger partial charge in [-0.3, -0.25) is 0 Å². The van der Waals surface area contributed by atoms with E-state index in [1.54, 1.807) is 0 Å². The first-order valence-electron chi connectivity index (χ1n) is 11.4. The Morgan fingerprint density at radius 1 is 0.370 bits per heavy atom. The number of carbonyl (C=O) groups is 4. The lowest BCUT2D eigenvalue weighted by molar-refractivity contribution is -0.144. The lowest BCUT2D eigenvalue weighted by atomic mass is 9.80. The summed E-state index contributed by atoms with van der Waals surface area (Å²) in [6.07, 6.45) is -22.7. The monoisotopic (exact) mass is 678 g/mol. The van der Waals surface area contributed by atoms with E-state index in [1.165, 1.54) is 0 Å². The molecule has 46 heavy (non-hydrogen) atoms. The molecule has 0 aromatic heterocycles. The van der Waals surface area contributed by atoms with E-state index in [9.17, 15) is 92.3 Å². The van der Waals surface area contributed by atoms with Gasteiger partial charge >= 0.3 is 48.6 Å². The number of carboxylic acid groups (broad SMARTS) is 4. The quantitative estimate of drug-likeness (QED) is 0.192. The molecule has 0 aliphatic rings. The Hall–Kier alpha value is -5.30. The standard InChI is InChI=1S/C26H10F12O8/c27-23(28,29)9-1-7(2-10(5-9)24(30,31)32)13-15(19(39)40)17(21(43)44)14(18(22(45)46)16(13)20(41)42)8-3-11(25(33,34)35)6-12(4-8)26(36,37)38/h1-6H,(H,39,40)(H,41,42)(H,43,44)(H,45,46). The molecule has 0 aliphatic heterocycles. The molecule has 0 saturated carbocycles. The van der Waals surface area contributed by atoms with Crippen LogP contribution in [0.3, 0.4) is 0 Å². The molecule has 3 aromatic rings. The highest BCUT2D eigenvalue weighted by molar-refractivity contribution is 6.21. The number of rotatable bonds is 6. The largest absolute Gasteiger partial charge is 0.478 e. The van der Waals surface area contributed by atoms with E-state index in [2.05, 4.69) is 0 Å². The van der Waals surface area contributed by atoms with Crippen LogP contribution in [0.1, 0.15) is 63.7 Å². The van der Waals surface area contributed by atoms with Gasteiger partial charge in [-0.2, -0.15) is 52.7 Å². The summed E-state index contributed by atoms with van der Waals surface area (Å²) in [4.78, 5) is 49.5. The van der Waals surface area contributed by atoms with Crippen molar-refractivity contribution < 1.29 is 92.3 Å². The van der Waals surface area contributed by atoms with Crippen LogP contribution in [0.2, 0.25) is 0 Å². The highest BCUT2D eigenvalue weighted by Gasteiger charge is 2.43. The van der Waals surface area contributed by atoms with Crippen LogP contribution in [0, 0.1) is 0 Å². The maximum Gasteiger partial charge on any atom is 0.416 e. The summed E-state index contributed by atoms with van der Waals surface area (Å²) in [6, 6.07) is -2.23. The third-order valence-electron chi connectivity index (χ3n) is 6.11. The molecule has 3 rings (SSSR count). The lowest BCUT2D eigenvalue weighted by Crippen LogP contribution is -2.22. The second-order valence-corrected chi connectivity index (χ2v) is 9.06. The van der Waals surface area contributed by atoms with Crippen LogP contribution in [0.4, 0.5) is 52.7 Å². The Bertz CT molecular complexity index is 1550. The van der Waals surface area contributed by atoms with Gasteiger partial charge in [0.25, 0.3) is 0 Å². The zero-order valence-electron chi connectivity index (χ0n) is 21.4. The van der Waals surface area contributed by atoms with Gasteiger partial charge < -0.3 is 20.4 Å². The molecule has 0 aliphatic carbocycles. The average molecular weight is 678 g/mol. The smallest absolute Gasteiger partial charge is 0.416 e. The van der Waals surface area contributed by atoms with Crippen LogP contribution < -0.4 is 0 Å². The van der Waals surface area contributed by atoms with E-state index in [-0.39, 0.29) is 24.3 Å². The molecule has 4 N–H and O–H groups in total. The van der Waals surface area contributed by atoms with Gasteiger partial charge in [0.15, 0.2) is 0 Å². The van der Waals surface area contributed by atoms with Crippen molar-refractivity contribution in [2.24, 2.45) is 0 Å². The summed E-state index contributed by atoms with van der Waals surface area (Å²) >= 11 is 0. The predicted molar refractivity (Wildman–Crippen MR) is 125 cm³/mol. The van der Waals surface area contributed by atoms with E-state index in [0.29, 0.717) is 0 Å². The average Bonchev–Trinajstić information content (AvgIpc) is 2.88. The van der Waals surface area contributed by atoms with Gasteiger partial charge in [0.2, 0.25) is 0 Å². The normalized spacial score (nSPS) is 12.6. The molecule has 3 aromatic carbocycles. The highest BCUT2D eigenvalue weighted by atomic mass is 19.4. The molecule has 0 unspecified atom stereocenters. The van der Waals surface area contributed by atoms with Gasteiger partial charge in [-0.15, -0.1) is 0 Å². The van der Waals surface area contributed by atoms with E-state index in [0.717, 1.165) is 0 Å². The molecular weight excluding hydrogens is 668 g/mol. The summed E-state index contributed by atoms with van der Waals surface area (Å²) in [5.74, 6) is -10.8. The van der Waals surface area contributed by atoms with E-state index >= 15 is 0 Å². The minimum absolute atomic E-state index is 0.299. The van der Waals surface area contributed by atoms with E-state index < -0.39 is 127 Å². The topological polar surface area (TPSA) is 149 Å². The Balaban J connectivity index is 2.83. The van der Waals surface area contributed by atoms with Gasteiger partial charge in [0.05, 0.1) is 44.5 Å². The van der Waals surface area contributed by atoms with Crippen molar-refractivity contribution in [1.82, 2.24) is 0 Å². The fourth-order valence-electron chi connectivity index (χ4n) is 4.38. The molecule has 0 fully saturated rings. The number of alkyl halides is 12. The van der Waals surface area contributed by atoms with Crippen LogP contribution in [0.5, 0.6) is 0 Å². The van der Waals surface area contributed by atoms with Crippen molar-refractivity contribution in [2.75, 3.05) is 0 Å². The fourth-order valence-corrected chi connectivity index (χ4v) is 4.38. The molecule has 20 heteroatoms. The zero-order chi connectivity index (χ0) is 35.5. The van der Waals surface area contributed by atoms with E-state index in [4.69, 9.17) is 0 Å². The molecule has 0 spiro atoms. The molecule has 0 atom stereocenters. The first-order chi connectivity index (χ1) is 20.7. The molecule has 0 heterocycles. The second kappa shape index (κ2) is 11.2. The summed E-state index contributed by atoms with van der Waals surface area (Å²) in [5, 5.41) is 39.5. The second-order valence-electron chi connectivity index (χ2n) is 9.06. The summed E-state index contributed by atoms with van der Waals surface area (Å²) in [5.41, 5.74) is -24.4. The van der Waals surface area contributed by atoms with Crippen molar-refractivity contribution >= 4 is 23.9 Å². The molecule has 0 amide bonds.